The number of aryl methyl sites for hydroxylation is 1. The normalized spacial score (nSPS) is 21.4. The Morgan fingerprint density at radius 1 is 1.20 bits per heavy atom. The summed E-state index contributed by atoms with van der Waals surface area (Å²) in [6.07, 6.45) is 4.03. The van der Waals surface area contributed by atoms with Crippen LogP contribution in [0.5, 0.6) is 0 Å². The highest BCUT2D eigenvalue weighted by Gasteiger charge is 2.28. The smallest absolute Gasteiger partial charge is 0.317 e. The predicted octanol–water partition coefficient (Wildman–Crippen LogP) is 3.17. The number of hydrogen-bond acceptors (Lipinski definition) is 6. The summed E-state index contributed by atoms with van der Waals surface area (Å²) in [7, 11) is 0. The van der Waals surface area contributed by atoms with Crippen molar-refractivity contribution in [1.29, 1.82) is 0 Å². The van der Waals surface area contributed by atoms with E-state index in [1.807, 2.05) is 36.1 Å². The van der Waals surface area contributed by atoms with Crippen LogP contribution in [-0.4, -0.2) is 59.4 Å². The molecule has 2 aliphatic rings. The minimum absolute atomic E-state index is 0.0583. The lowest BCUT2D eigenvalue weighted by Gasteiger charge is -2.31. The molecule has 4 rings (SSSR count). The van der Waals surface area contributed by atoms with Gasteiger partial charge in [-0.1, -0.05) is 29.0 Å². The number of hydrogen-bond donors (Lipinski definition) is 2. The zero-order valence-electron chi connectivity index (χ0n) is 17.1. The molecule has 2 N–H and O–H groups in total. The van der Waals surface area contributed by atoms with Gasteiger partial charge in [-0.3, -0.25) is 4.79 Å². The van der Waals surface area contributed by atoms with Gasteiger partial charge in [0, 0.05) is 37.8 Å². The van der Waals surface area contributed by atoms with Crippen molar-refractivity contribution >= 4 is 29.0 Å². The van der Waals surface area contributed by atoms with Crippen LogP contribution in [-0.2, 0) is 4.74 Å². The molecular formula is C21H27N5O3S. The lowest BCUT2D eigenvalue weighted by molar-refractivity contribution is 0.102. The molecule has 8 nitrogen and oxygen atoms in total. The van der Waals surface area contributed by atoms with E-state index in [2.05, 4.69) is 20.8 Å². The maximum absolute atomic E-state index is 12.5. The Labute approximate surface area is 180 Å². The molecule has 160 valence electrons. The quantitative estimate of drug-likeness (QED) is 0.761. The fourth-order valence-electron chi connectivity index (χ4n) is 3.79. The van der Waals surface area contributed by atoms with Gasteiger partial charge in [-0.15, -0.1) is 10.2 Å². The Balaban J connectivity index is 1.32. The molecule has 2 saturated heterocycles. The number of likely N-dealkylation sites (tertiary alicyclic amines) is 1. The minimum Gasteiger partial charge on any atom is -0.376 e. The first kappa shape index (κ1) is 20.7. The number of aromatic nitrogens is 2. The van der Waals surface area contributed by atoms with Crippen LogP contribution in [0.3, 0.4) is 0 Å². The van der Waals surface area contributed by atoms with Gasteiger partial charge in [0.2, 0.25) is 5.01 Å². The maximum Gasteiger partial charge on any atom is 0.317 e. The zero-order valence-corrected chi connectivity index (χ0v) is 17.9. The number of anilines is 1. The van der Waals surface area contributed by atoms with Crippen molar-refractivity contribution < 1.29 is 14.3 Å². The van der Waals surface area contributed by atoms with Crippen LogP contribution in [0.15, 0.2) is 24.3 Å². The van der Waals surface area contributed by atoms with Crippen molar-refractivity contribution in [2.45, 2.75) is 44.6 Å². The third kappa shape index (κ3) is 5.14. The van der Waals surface area contributed by atoms with Crippen molar-refractivity contribution in [1.82, 2.24) is 20.4 Å². The van der Waals surface area contributed by atoms with Crippen LogP contribution in [0.1, 0.15) is 52.0 Å². The van der Waals surface area contributed by atoms with Gasteiger partial charge < -0.3 is 20.3 Å². The van der Waals surface area contributed by atoms with Gasteiger partial charge in [-0.05, 0) is 44.7 Å². The lowest BCUT2D eigenvalue weighted by atomic mass is 9.99. The Morgan fingerprint density at radius 2 is 2.03 bits per heavy atom. The van der Waals surface area contributed by atoms with Crippen molar-refractivity contribution in [2.75, 3.05) is 31.6 Å². The molecule has 3 heterocycles. The summed E-state index contributed by atoms with van der Waals surface area (Å²) < 4.78 is 5.57. The van der Waals surface area contributed by atoms with E-state index < -0.39 is 0 Å². The molecule has 9 heteroatoms. The molecule has 3 amide bonds. The Hall–Kier alpha value is -2.52. The van der Waals surface area contributed by atoms with Gasteiger partial charge in [-0.2, -0.15) is 0 Å². The molecule has 30 heavy (non-hydrogen) atoms. The number of urea groups is 1. The van der Waals surface area contributed by atoms with E-state index in [1.54, 1.807) is 0 Å². The summed E-state index contributed by atoms with van der Waals surface area (Å²) in [6, 6.07) is 7.56. The lowest BCUT2D eigenvalue weighted by Crippen LogP contribution is -2.46. The Kier molecular flexibility index (Phi) is 6.59. The predicted molar refractivity (Wildman–Crippen MR) is 115 cm³/mol. The number of carbonyl (C=O) groups is 2. The number of nitrogens with one attached hydrogen (secondary N) is 2. The second kappa shape index (κ2) is 9.53. The van der Waals surface area contributed by atoms with Gasteiger partial charge >= 0.3 is 6.03 Å². The topological polar surface area (TPSA) is 96.5 Å². The molecule has 2 aromatic rings. The molecule has 2 aliphatic heterocycles. The largest absolute Gasteiger partial charge is 0.376 e. The fraction of sp³-hybridized carbons (Fsp3) is 0.524. The Morgan fingerprint density at radius 3 is 2.80 bits per heavy atom. The molecule has 1 aromatic heterocycles. The van der Waals surface area contributed by atoms with E-state index in [0.29, 0.717) is 18.1 Å². The van der Waals surface area contributed by atoms with Crippen molar-refractivity contribution in [3.8, 4) is 0 Å². The van der Waals surface area contributed by atoms with Crippen molar-refractivity contribution in [2.24, 2.45) is 0 Å². The van der Waals surface area contributed by atoms with Crippen LogP contribution in [0.4, 0.5) is 10.5 Å². The summed E-state index contributed by atoms with van der Waals surface area (Å²) in [5.74, 6) is -0.157. The monoisotopic (exact) mass is 429 g/mol. The van der Waals surface area contributed by atoms with Gasteiger partial charge in [0.05, 0.1) is 6.10 Å². The molecule has 2 atom stereocenters. The summed E-state index contributed by atoms with van der Waals surface area (Å²) in [5.41, 5.74) is 1.86. The van der Waals surface area contributed by atoms with E-state index in [9.17, 15) is 9.59 Å². The second-order valence-corrected chi connectivity index (χ2v) is 8.88. The van der Waals surface area contributed by atoms with E-state index in [4.69, 9.17) is 4.74 Å². The summed E-state index contributed by atoms with van der Waals surface area (Å²) in [6.45, 7) is 4.66. The average Bonchev–Trinajstić information content (AvgIpc) is 3.46. The van der Waals surface area contributed by atoms with Gasteiger partial charge in [-0.25, -0.2) is 4.79 Å². The van der Waals surface area contributed by atoms with Crippen LogP contribution < -0.4 is 10.6 Å². The third-order valence-electron chi connectivity index (χ3n) is 5.51. The van der Waals surface area contributed by atoms with E-state index in [-0.39, 0.29) is 24.0 Å². The van der Waals surface area contributed by atoms with Crippen molar-refractivity contribution in [3.63, 3.8) is 0 Å². The first-order valence-corrected chi connectivity index (χ1v) is 11.3. The highest BCUT2D eigenvalue weighted by atomic mass is 32.1. The molecule has 0 bridgehead atoms. The molecule has 0 spiro atoms. The van der Waals surface area contributed by atoms with Gasteiger partial charge in [0.1, 0.15) is 5.01 Å². The molecule has 0 radical (unpaired) electrons. The minimum atomic E-state index is -0.260. The molecule has 1 aromatic carbocycles. The number of piperidine rings is 1. The number of rotatable bonds is 5. The molecule has 0 aliphatic carbocycles. The summed E-state index contributed by atoms with van der Waals surface area (Å²) >= 11 is 1.30. The van der Waals surface area contributed by atoms with Gasteiger partial charge in [0.15, 0.2) is 0 Å². The van der Waals surface area contributed by atoms with E-state index >= 15 is 0 Å². The van der Waals surface area contributed by atoms with Crippen LogP contribution in [0, 0.1) is 6.92 Å². The average molecular weight is 430 g/mol. The molecule has 2 fully saturated rings. The number of ether oxygens (including phenoxy) is 1. The molecule has 0 unspecified atom stereocenters. The first-order chi connectivity index (χ1) is 14.6. The zero-order chi connectivity index (χ0) is 20.9. The van der Waals surface area contributed by atoms with Crippen LogP contribution >= 0.6 is 11.3 Å². The fourth-order valence-corrected chi connectivity index (χ4v) is 4.66. The van der Waals surface area contributed by atoms with Crippen molar-refractivity contribution in [3.05, 3.63) is 39.8 Å². The highest BCUT2D eigenvalue weighted by Crippen LogP contribution is 2.29. The van der Waals surface area contributed by atoms with E-state index in [0.717, 1.165) is 55.1 Å². The summed E-state index contributed by atoms with van der Waals surface area (Å²) in [5, 5.41) is 15.3. The number of amides is 3. The standard InChI is InChI=1S/C21H27N5O3S/c1-14-6-8-16(9-7-14)23-18(27)20-25-24-19(30-20)15-4-2-10-26(13-15)21(28)22-12-17-5-3-11-29-17/h6-9,15,17H,2-5,10-13H2,1H3,(H,22,28)(H,23,27)/t15-,17-/m0/s1. The molecular weight excluding hydrogens is 402 g/mol. The van der Waals surface area contributed by atoms with Gasteiger partial charge in [0.25, 0.3) is 5.91 Å². The van der Waals surface area contributed by atoms with E-state index in [1.165, 1.54) is 11.3 Å². The maximum atomic E-state index is 12.5. The molecule has 0 saturated carbocycles. The van der Waals surface area contributed by atoms with Crippen LogP contribution in [0.25, 0.3) is 0 Å². The second-order valence-electron chi connectivity index (χ2n) is 7.87. The number of nitrogens with zero attached hydrogens (tertiary/aromatic N) is 3. The number of carbonyl (C=O) groups excluding carboxylic acids is 2. The first-order valence-electron chi connectivity index (χ1n) is 10.4. The Bertz CT molecular complexity index is 879. The summed E-state index contributed by atoms with van der Waals surface area (Å²) in [4.78, 5) is 26.9. The van der Waals surface area contributed by atoms with Crippen LogP contribution in [0.2, 0.25) is 0 Å². The third-order valence-corrected chi connectivity index (χ3v) is 6.59. The number of benzene rings is 1. The highest BCUT2D eigenvalue weighted by molar-refractivity contribution is 7.13. The SMILES string of the molecule is Cc1ccc(NC(=O)c2nnc([C@H]3CCCN(C(=O)NC[C@@H]4CCCO4)C3)s2)cc1.